The lowest BCUT2D eigenvalue weighted by Crippen LogP contribution is -2.21. The number of rotatable bonds is 9. The van der Waals surface area contributed by atoms with Gasteiger partial charge < -0.3 is 10.2 Å². The van der Waals surface area contributed by atoms with Crippen LogP contribution in [0.1, 0.15) is 31.7 Å². The van der Waals surface area contributed by atoms with Gasteiger partial charge in [0, 0.05) is 11.6 Å². The molecule has 18 heavy (non-hydrogen) atoms. The average Bonchev–Trinajstić information content (AvgIpc) is 2.36. The summed E-state index contributed by atoms with van der Waals surface area (Å²) in [5.41, 5.74) is 1.33. The second kappa shape index (κ2) is 9.37. The van der Waals surface area contributed by atoms with E-state index in [0.29, 0.717) is 0 Å². The zero-order chi connectivity index (χ0) is 13.2. The quantitative estimate of drug-likeness (QED) is 0.689. The molecule has 0 saturated heterocycles. The Hall–Kier alpha value is -0.570. The fourth-order valence-electron chi connectivity index (χ4n) is 1.91. The molecule has 0 aliphatic rings. The van der Waals surface area contributed by atoms with Crippen LogP contribution in [0.15, 0.2) is 24.3 Å². The van der Waals surface area contributed by atoms with Crippen LogP contribution in [0.2, 0.25) is 5.02 Å². The molecule has 0 bridgehead atoms. The van der Waals surface area contributed by atoms with Crippen molar-refractivity contribution in [2.45, 2.75) is 32.7 Å². The minimum atomic E-state index is 0.809. The van der Waals surface area contributed by atoms with E-state index in [9.17, 15) is 0 Å². The van der Waals surface area contributed by atoms with Crippen molar-refractivity contribution in [3.8, 4) is 0 Å². The summed E-state index contributed by atoms with van der Waals surface area (Å²) in [7, 11) is 2.17. The van der Waals surface area contributed by atoms with Crippen molar-refractivity contribution >= 4 is 11.6 Å². The minimum absolute atomic E-state index is 0.809. The van der Waals surface area contributed by atoms with Crippen molar-refractivity contribution in [2.75, 3.05) is 26.7 Å². The van der Waals surface area contributed by atoms with Crippen LogP contribution < -0.4 is 5.32 Å². The minimum Gasteiger partial charge on any atom is -0.317 e. The zero-order valence-corrected chi connectivity index (χ0v) is 12.3. The Kier molecular flexibility index (Phi) is 8.06. The Labute approximate surface area is 116 Å². The molecule has 1 rings (SSSR count). The van der Waals surface area contributed by atoms with E-state index in [-0.39, 0.29) is 0 Å². The van der Waals surface area contributed by atoms with Crippen LogP contribution in [-0.4, -0.2) is 31.6 Å². The molecule has 3 heteroatoms. The molecule has 0 spiro atoms. The Morgan fingerprint density at radius 2 is 1.83 bits per heavy atom. The highest BCUT2D eigenvalue weighted by molar-refractivity contribution is 6.30. The van der Waals surface area contributed by atoms with Crippen LogP contribution in [0.5, 0.6) is 0 Å². The predicted octanol–water partition coefficient (Wildman–Crippen LogP) is 3.55. The summed E-state index contributed by atoms with van der Waals surface area (Å²) in [5, 5.41) is 4.24. The van der Waals surface area contributed by atoms with E-state index in [2.05, 4.69) is 36.3 Å². The smallest absolute Gasteiger partial charge is 0.0406 e. The Balaban J connectivity index is 2.10. The number of hydrogen-bond donors (Lipinski definition) is 1. The van der Waals surface area contributed by atoms with E-state index in [1.165, 1.54) is 24.8 Å². The molecule has 0 fully saturated rings. The number of nitrogens with one attached hydrogen (secondary N) is 1. The van der Waals surface area contributed by atoms with Crippen molar-refractivity contribution in [3.05, 3.63) is 34.9 Å². The topological polar surface area (TPSA) is 15.3 Å². The number of hydrogen-bond acceptors (Lipinski definition) is 2. The molecule has 0 saturated carbocycles. The van der Waals surface area contributed by atoms with Gasteiger partial charge in [0.1, 0.15) is 0 Å². The molecule has 0 heterocycles. The molecule has 2 nitrogen and oxygen atoms in total. The third-order valence-electron chi connectivity index (χ3n) is 2.94. The van der Waals surface area contributed by atoms with Crippen LogP contribution in [0.3, 0.4) is 0 Å². The highest BCUT2D eigenvalue weighted by Gasteiger charge is 2.00. The summed E-state index contributed by atoms with van der Waals surface area (Å²) in [6.45, 7) is 6.63. The summed E-state index contributed by atoms with van der Waals surface area (Å²) < 4.78 is 0. The van der Waals surface area contributed by atoms with Gasteiger partial charge in [-0.1, -0.05) is 30.7 Å². The van der Waals surface area contributed by atoms with Crippen molar-refractivity contribution in [1.29, 1.82) is 0 Å². The van der Waals surface area contributed by atoms with E-state index in [0.717, 1.165) is 31.2 Å². The van der Waals surface area contributed by atoms with Crippen LogP contribution in [0.4, 0.5) is 0 Å². The first-order valence-electron chi connectivity index (χ1n) is 6.86. The molecule has 0 amide bonds. The maximum absolute atomic E-state index is 5.87. The lowest BCUT2D eigenvalue weighted by atomic mass is 10.2. The fraction of sp³-hybridized carbons (Fsp3) is 0.600. The summed E-state index contributed by atoms with van der Waals surface area (Å²) in [6, 6.07) is 8.11. The highest BCUT2D eigenvalue weighted by Crippen LogP contribution is 2.11. The van der Waals surface area contributed by atoms with Crippen molar-refractivity contribution in [1.82, 2.24) is 10.2 Å². The summed E-state index contributed by atoms with van der Waals surface area (Å²) >= 11 is 5.87. The Morgan fingerprint density at radius 1 is 1.11 bits per heavy atom. The largest absolute Gasteiger partial charge is 0.317 e. The van der Waals surface area contributed by atoms with Crippen LogP contribution >= 0.6 is 11.6 Å². The van der Waals surface area contributed by atoms with E-state index in [1.54, 1.807) is 0 Å². The summed E-state index contributed by atoms with van der Waals surface area (Å²) in [6.07, 6.45) is 3.72. The molecule has 1 aromatic rings. The van der Waals surface area contributed by atoms with Gasteiger partial charge in [-0.2, -0.15) is 0 Å². The third kappa shape index (κ3) is 7.00. The molecule has 0 aliphatic heterocycles. The number of halogens is 1. The summed E-state index contributed by atoms with van der Waals surface area (Å²) in [4.78, 5) is 2.36. The molecule has 0 atom stereocenters. The van der Waals surface area contributed by atoms with Gasteiger partial charge in [0.25, 0.3) is 0 Å². The SMILES string of the molecule is CCCNCCCCN(C)Cc1ccc(Cl)cc1. The van der Waals surface area contributed by atoms with Gasteiger partial charge in [0.15, 0.2) is 0 Å². The number of unbranched alkanes of at least 4 members (excludes halogenated alkanes) is 1. The lowest BCUT2D eigenvalue weighted by molar-refractivity contribution is 0.318. The Morgan fingerprint density at radius 3 is 2.50 bits per heavy atom. The van der Waals surface area contributed by atoms with E-state index < -0.39 is 0 Å². The Bertz CT molecular complexity index is 311. The first-order valence-corrected chi connectivity index (χ1v) is 7.24. The molecule has 0 unspecified atom stereocenters. The first kappa shape index (κ1) is 15.5. The maximum Gasteiger partial charge on any atom is 0.0406 e. The van der Waals surface area contributed by atoms with E-state index in [1.807, 2.05) is 12.1 Å². The second-order valence-corrected chi connectivity index (χ2v) is 5.26. The molecule has 102 valence electrons. The third-order valence-corrected chi connectivity index (χ3v) is 3.19. The monoisotopic (exact) mass is 268 g/mol. The van der Waals surface area contributed by atoms with Gasteiger partial charge in [-0.15, -0.1) is 0 Å². The van der Waals surface area contributed by atoms with Gasteiger partial charge in [-0.3, -0.25) is 0 Å². The number of nitrogens with zero attached hydrogens (tertiary/aromatic N) is 1. The van der Waals surface area contributed by atoms with Crippen molar-refractivity contribution in [3.63, 3.8) is 0 Å². The highest BCUT2D eigenvalue weighted by atomic mass is 35.5. The number of benzene rings is 1. The molecule has 0 aliphatic carbocycles. The first-order chi connectivity index (χ1) is 8.72. The van der Waals surface area contributed by atoms with Crippen LogP contribution in [0.25, 0.3) is 0 Å². The van der Waals surface area contributed by atoms with Crippen LogP contribution in [0, 0.1) is 0 Å². The lowest BCUT2D eigenvalue weighted by Gasteiger charge is -2.16. The van der Waals surface area contributed by atoms with Gasteiger partial charge in [0.05, 0.1) is 0 Å². The molecule has 1 N–H and O–H groups in total. The molecular weight excluding hydrogens is 244 g/mol. The van der Waals surface area contributed by atoms with E-state index in [4.69, 9.17) is 11.6 Å². The normalized spacial score (nSPS) is 11.1. The second-order valence-electron chi connectivity index (χ2n) is 4.82. The molecule has 0 aromatic heterocycles. The molecular formula is C15H25ClN2. The predicted molar refractivity (Wildman–Crippen MR) is 80.2 cm³/mol. The molecule has 0 radical (unpaired) electrons. The standard InChI is InChI=1S/C15H25ClN2/c1-3-10-17-11-4-5-12-18(2)13-14-6-8-15(16)9-7-14/h6-9,17H,3-5,10-13H2,1-2H3. The van der Waals surface area contributed by atoms with Gasteiger partial charge in [-0.25, -0.2) is 0 Å². The average molecular weight is 269 g/mol. The van der Waals surface area contributed by atoms with Gasteiger partial charge in [-0.05, 0) is 63.6 Å². The van der Waals surface area contributed by atoms with Crippen LogP contribution in [-0.2, 0) is 6.54 Å². The van der Waals surface area contributed by atoms with Crippen molar-refractivity contribution in [2.24, 2.45) is 0 Å². The van der Waals surface area contributed by atoms with Crippen molar-refractivity contribution < 1.29 is 0 Å². The summed E-state index contributed by atoms with van der Waals surface area (Å²) in [5.74, 6) is 0. The molecule has 1 aromatic carbocycles. The van der Waals surface area contributed by atoms with E-state index >= 15 is 0 Å². The van der Waals surface area contributed by atoms with Gasteiger partial charge in [0.2, 0.25) is 0 Å². The fourth-order valence-corrected chi connectivity index (χ4v) is 2.04. The maximum atomic E-state index is 5.87. The zero-order valence-electron chi connectivity index (χ0n) is 11.6. The van der Waals surface area contributed by atoms with Gasteiger partial charge >= 0.3 is 0 Å².